The van der Waals surface area contributed by atoms with Gasteiger partial charge in [-0.05, 0) is 25.0 Å². The molecule has 0 saturated carbocycles. The van der Waals surface area contributed by atoms with Crippen LogP contribution in [-0.2, 0) is 9.53 Å². The molecule has 0 fully saturated rings. The molecule has 0 bridgehead atoms. The number of halogens is 1. The Kier molecular flexibility index (Phi) is 5.90. The Morgan fingerprint density at radius 3 is 3.12 bits per heavy atom. The van der Waals surface area contributed by atoms with Crippen LogP contribution in [0.3, 0.4) is 0 Å². The molecule has 0 aliphatic heterocycles. The molecule has 0 aromatic carbocycles. The zero-order valence-corrected chi connectivity index (χ0v) is 10.4. The molecule has 0 radical (unpaired) electrons. The third-order valence-electron chi connectivity index (χ3n) is 2.20. The molecule has 1 atom stereocenters. The van der Waals surface area contributed by atoms with Gasteiger partial charge >= 0.3 is 0 Å². The number of anilines is 1. The summed E-state index contributed by atoms with van der Waals surface area (Å²) in [6.45, 7) is 0.589. The van der Waals surface area contributed by atoms with Gasteiger partial charge in [-0.3, -0.25) is 4.79 Å². The number of nitrogens with two attached hydrogens (primary N) is 1. The fourth-order valence-electron chi connectivity index (χ4n) is 1.27. The maximum Gasteiger partial charge on any atom is 0.242 e. The van der Waals surface area contributed by atoms with Crippen LogP contribution in [0.1, 0.15) is 12.8 Å². The van der Waals surface area contributed by atoms with Crippen molar-refractivity contribution in [1.29, 1.82) is 0 Å². The minimum absolute atomic E-state index is 0.290. The number of hydrogen-bond acceptors (Lipinski definition) is 4. The fraction of sp³-hybridized carbons (Fsp3) is 0.455. The number of rotatable bonds is 6. The summed E-state index contributed by atoms with van der Waals surface area (Å²) in [4.78, 5) is 15.6. The van der Waals surface area contributed by atoms with E-state index in [0.29, 0.717) is 23.9 Å². The van der Waals surface area contributed by atoms with Crippen molar-refractivity contribution in [2.45, 2.75) is 18.9 Å². The molecular formula is C11H16ClN3O2. The summed E-state index contributed by atoms with van der Waals surface area (Å²) < 4.78 is 4.89. The summed E-state index contributed by atoms with van der Waals surface area (Å²) in [6.07, 6.45) is 2.85. The zero-order valence-electron chi connectivity index (χ0n) is 9.65. The van der Waals surface area contributed by atoms with E-state index in [4.69, 9.17) is 22.1 Å². The van der Waals surface area contributed by atoms with E-state index in [1.807, 2.05) is 0 Å². The van der Waals surface area contributed by atoms with Crippen molar-refractivity contribution in [1.82, 2.24) is 4.98 Å². The first-order valence-electron chi connectivity index (χ1n) is 5.31. The van der Waals surface area contributed by atoms with Crippen LogP contribution >= 0.6 is 11.6 Å². The molecule has 1 heterocycles. The lowest BCUT2D eigenvalue weighted by Gasteiger charge is -2.11. The lowest BCUT2D eigenvalue weighted by atomic mass is 10.1. The Balaban J connectivity index is 2.46. The van der Waals surface area contributed by atoms with Crippen LogP contribution in [0.15, 0.2) is 18.3 Å². The molecule has 1 rings (SSSR count). The summed E-state index contributed by atoms with van der Waals surface area (Å²) in [5, 5.41) is 2.98. The van der Waals surface area contributed by atoms with Gasteiger partial charge in [-0.2, -0.15) is 0 Å². The summed E-state index contributed by atoms with van der Waals surface area (Å²) in [6, 6.07) is 2.76. The molecule has 17 heavy (non-hydrogen) atoms. The lowest BCUT2D eigenvalue weighted by Crippen LogP contribution is -2.36. The highest BCUT2D eigenvalue weighted by Crippen LogP contribution is 2.17. The second-order valence-corrected chi connectivity index (χ2v) is 3.97. The number of methoxy groups -OCH3 is 1. The van der Waals surface area contributed by atoms with Gasteiger partial charge in [0.1, 0.15) is 0 Å². The number of carbonyl (C=O) groups is 1. The summed E-state index contributed by atoms with van der Waals surface area (Å²) in [7, 11) is 1.61. The van der Waals surface area contributed by atoms with Gasteiger partial charge in [-0.1, -0.05) is 11.6 Å². The normalized spacial score (nSPS) is 12.2. The first-order valence-corrected chi connectivity index (χ1v) is 5.69. The van der Waals surface area contributed by atoms with Crippen molar-refractivity contribution >= 4 is 23.3 Å². The minimum atomic E-state index is -0.580. The molecular weight excluding hydrogens is 242 g/mol. The third kappa shape index (κ3) is 4.68. The monoisotopic (exact) mass is 257 g/mol. The van der Waals surface area contributed by atoms with Gasteiger partial charge in [0.15, 0.2) is 5.82 Å². The fourth-order valence-corrected chi connectivity index (χ4v) is 1.43. The molecule has 0 saturated heterocycles. The van der Waals surface area contributed by atoms with Gasteiger partial charge in [0.25, 0.3) is 0 Å². The predicted molar refractivity (Wildman–Crippen MR) is 67.0 cm³/mol. The largest absolute Gasteiger partial charge is 0.385 e. The number of ether oxygens (including phenoxy) is 1. The second kappa shape index (κ2) is 7.21. The quantitative estimate of drug-likeness (QED) is 0.756. The van der Waals surface area contributed by atoms with Crippen LogP contribution in [0.5, 0.6) is 0 Å². The number of carbonyl (C=O) groups excluding carboxylic acids is 1. The van der Waals surface area contributed by atoms with E-state index < -0.39 is 6.04 Å². The van der Waals surface area contributed by atoms with Crippen LogP contribution in [-0.4, -0.2) is 30.6 Å². The highest BCUT2D eigenvalue weighted by Gasteiger charge is 2.14. The van der Waals surface area contributed by atoms with Crippen LogP contribution in [0.25, 0.3) is 0 Å². The van der Waals surface area contributed by atoms with Crippen molar-refractivity contribution in [2.24, 2.45) is 5.73 Å². The van der Waals surface area contributed by atoms with Crippen LogP contribution in [0, 0.1) is 0 Å². The average molecular weight is 258 g/mol. The Labute approximate surface area is 105 Å². The molecule has 1 aromatic heterocycles. The van der Waals surface area contributed by atoms with E-state index in [1.165, 1.54) is 0 Å². The van der Waals surface area contributed by atoms with E-state index in [0.717, 1.165) is 6.42 Å². The van der Waals surface area contributed by atoms with E-state index in [9.17, 15) is 4.79 Å². The topological polar surface area (TPSA) is 77.2 Å². The first kappa shape index (κ1) is 13.9. The van der Waals surface area contributed by atoms with E-state index in [2.05, 4.69) is 10.3 Å². The summed E-state index contributed by atoms with van der Waals surface area (Å²) in [5.74, 6) is 0.0445. The highest BCUT2D eigenvalue weighted by molar-refractivity contribution is 6.33. The van der Waals surface area contributed by atoms with Gasteiger partial charge in [-0.25, -0.2) is 4.98 Å². The van der Waals surface area contributed by atoms with Crippen LogP contribution in [0.2, 0.25) is 5.02 Å². The average Bonchev–Trinajstić information content (AvgIpc) is 2.32. The maximum absolute atomic E-state index is 11.7. The number of aromatic nitrogens is 1. The number of amides is 1. The molecule has 0 spiro atoms. The van der Waals surface area contributed by atoms with Crippen molar-refractivity contribution in [3.05, 3.63) is 23.4 Å². The number of hydrogen-bond donors (Lipinski definition) is 2. The zero-order chi connectivity index (χ0) is 12.7. The molecule has 5 nitrogen and oxygen atoms in total. The molecule has 94 valence electrons. The van der Waals surface area contributed by atoms with Gasteiger partial charge in [0.05, 0.1) is 11.1 Å². The van der Waals surface area contributed by atoms with E-state index in [1.54, 1.807) is 25.4 Å². The van der Waals surface area contributed by atoms with Crippen molar-refractivity contribution < 1.29 is 9.53 Å². The number of nitrogens with zero attached hydrogens (tertiary/aromatic N) is 1. The molecule has 6 heteroatoms. The Morgan fingerprint density at radius 1 is 1.71 bits per heavy atom. The second-order valence-electron chi connectivity index (χ2n) is 3.56. The van der Waals surface area contributed by atoms with Gasteiger partial charge in [0, 0.05) is 19.9 Å². The predicted octanol–water partition coefficient (Wildman–Crippen LogP) is 1.43. The first-order chi connectivity index (χ1) is 8.15. The van der Waals surface area contributed by atoms with E-state index >= 15 is 0 Å². The Hall–Kier alpha value is -1.17. The van der Waals surface area contributed by atoms with Gasteiger partial charge in [0.2, 0.25) is 5.91 Å². The lowest BCUT2D eigenvalue weighted by molar-refractivity contribution is -0.117. The Morgan fingerprint density at radius 2 is 2.47 bits per heavy atom. The van der Waals surface area contributed by atoms with Crippen LogP contribution < -0.4 is 11.1 Å². The molecule has 1 amide bonds. The van der Waals surface area contributed by atoms with Crippen molar-refractivity contribution in [3.8, 4) is 0 Å². The molecule has 1 unspecified atom stereocenters. The van der Waals surface area contributed by atoms with Gasteiger partial charge < -0.3 is 15.8 Å². The smallest absolute Gasteiger partial charge is 0.242 e. The molecule has 3 N–H and O–H groups in total. The highest BCUT2D eigenvalue weighted by atomic mass is 35.5. The minimum Gasteiger partial charge on any atom is -0.385 e. The van der Waals surface area contributed by atoms with Crippen molar-refractivity contribution in [3.63, 3.8) is 0 Å². The van der Waals surface area contributed by atoms with Crippen LogP contribution in [0.4, 0.5) is 5.82 Å². The SMILES string of the molecule is COCCCC(N)C(=O)Nc1ncccc1Cl. The van der Waals surface area contributed by atoms with Crippen molar-refractivity contribution in [2.75, 3.05) is 19.0 Å². The Bertz CT molecular complexity index is 373. The molecule has 0 aliphatic rings. The number of nitrogens with one attached hydrogen (secondary N) is 1. The number of pyridine rings is 1. The van der Waals surface area contributed by atoms with Gasteiger partial charge in [-0.15, -0.1) is 0 Å². The summed E-state index contributed by atoms with van der Waals surface area (Å²) >= 11 is 5.86. The van der Waals surface area contributed by atoms with E-state index in [-0.39, 0.29) is 5.91 Å². The summed E-state index contributed by atoms with van der Waals surface area (Å²) in [5.41, 5.74) is 5.72. The third-order valence-corrected chi connectivity index (χ3v) is 2.51. The molecule has 0 aliphatic carbocycles. The standard InChI is InChI=1S/C11H16ClN3O2/c1-17-7-3-5-9(13)11(16)15-10-8(12)4-2-6-14-10/h2,4,6,9H,3,5,7,13H2,1H3,(H,14,15,16). The molecule has 1 aromatic rings. The maximum atomic E-state index is 11.7.